The van der Waals surface area contributed by atoms with Gasteiger partial charge in [0, 0.05) is 19.2 Å². The Balaban J connectivity index is 0.00000264. The fourth-order valence-corrected chi connectivity index (χ4v) is 2.22. The summed E-state index contributed by atoms with van der Waals surface area (Å²) in [5, 5.41) is 7.71. The Morgan fingerprint density at radius 2 is 1.83 bits per heavy atom. The van der Waals surface area contributed by atoms with Crippen molar-refractivity contribution in [3.63, 3.8) is 0 Å². The largest absolute Gasteiger partial charge is 0.356 e. The fraction of sp³-hybridized carbons (Fsp3) is 0.294. The Labute approximate surface area is 146 Å². The molecule has 2 rings (SSSR count). The highest BCUT2D eigenvalue weighted by atomic mass is 79.9. The van der Waals surface area contributed by atoms with E-state index in [-0.39, 0.29) is 28.8 Å². The maximum Gasteiger partial charge on any atom is 0.241 e. The van der Waals surface area contributed by atoms with Gasteiger partial charge in [-0.25, -0.2) is 0 Å². The molecule has 5 nitrogen and oxygen atoms in total. The minimum Gasteiger partial charge on any atom is -0.356 e. The molecule has 1 atom stereocenters. The third-order valence-corrected chi connectivity index (χ3v) is 3.42. The van der Waals surface area contributed by atoms with Crippen LogP contribution in [0.3, 0.4) is 0 Å². The average Bonchev–Trinajstić information content (AvgIpc) is 2.51. The Morgan fingerprint density at radius 1 is 1.13 bits per heavy atom. The molecule has 124 valence electrons. The van der Waals surface area contributed by atoms with Crippen LogP contribution >= 0.6 is 17.0 Å². The van der Waals surface area contributed by atoms with Crippen LogP contribution in [0, 0.1) is 0 Å². The molecule has 2 aromatic rings. The van der Waals surface area contributed by atoms with Crippen LogP contribution in [-0.2, 0) is 9.59 Å². The summed E-state index contributed by atoms with van der Waals surface area (Å²) in [7, 11) is 0. The van der Waals surface area contributed by atoms with Gasteiger partial charge in [0.05, 0.1) is 6.04 Å². The zero-order valence-electron chi connectivity index (χ0n) is 13.0. The molecule has 4 N–H and O–H groups in total. The predicted molar refractivity (Wildman–Crippen MR) is 98.8 cm³/mol. The van der Waals surface area contributed by atoms with Crippen molar-refractivity contribution in [1.29, 1.82) is 0 Å². The van der Waals surface area contributed by atoms with Crippen molar-refractivity contribution in [3.05, 3.63) is 42.5 Å². The summed E-state index contributed by atoms with van der Waals surface area (Å²) in [6.45, 7) is 2.00. The van der Waals surface area contributed by atoms with Gasteiger partial charge in [0.15, 0.2) is 0 Å². The lowest BCUT2D eigenvalue weighted by Gasteiger charge is -2.13. The van der Waals surface area contributed by atoms with Crippen LogP contribution in [0.2, 0.25) is 0 Å². The first-order valence-corrected chi connectivity index (χ1v) is 7.36. The molecule has 0 fully saturated rings. The lowest BCUT2D eigenvalue weighted by atomic mass is 10.1. The van der Waals surface area contributed by atoms with E-state index in [4.69, 9.17) is 5.73 Å². The second kappa shape index (κ2) is 9.27. The molecule has 0 aliphatic rings. The van der Waals surface area contributed by atoms with Gasteiger partial charge in [-0.1, -0.05) is 30.3 Å². The number of amides is 2. The van der Waals surface area contributed by atoms with Crippen LogP contribution in [0.5, 0.6) is 0 Å². The Kier molecular flexibility index (Phi) is 7.71. The summed E-state index contributed by atoms with van der Waals surface area (Å²) in [5.74, 6) is -0.285. The minimum atomic E-state index is -0.583. The summed E-state index contributed by atoms with van der Waals surface area (Å²) in [4.78, 5) is 22.8. The first-order chi connectivity index (χ1) is 10.6. The monoisotopic (exact) mass is 379 g/mol. The van der Waals surface area contributed by atoms with Crippen molar-refractivity contribution in [2.75, 3.05) is 11.9 Å². The van der Waals surface area contributed by atoms with E-state index in [2.05, 4.69) is 10.6 Å². The second-order valence-electron chi connectivity index (χ2n) is 5.28. The maximum absolute atomic E-state index is 12.1. The van der Waals surface area contributed by atoms with Crippen LogP contribution in [0.1, 0.15) is 19.8 Å². The number of hydrogen-bond donors (Lipinski definition) is 3. The van der Waals surface area contributed by atoms with Crippen molar-refractivity contribution >= 4 is 45.3 Å². The Morgan fingerprint density at radius 3 is 2.52 bits per heavy atom. The molecule has 2 amide bonds. The van der Waals surface area contributed by atoms with Crippen LogP contribution in [-0.4, -0.2) is 24.4 Å². The number of carbonyl (C=O) groups excluding carboxylic acids is 2. The molecule has 0 spiro atoms. The zero-order chi connectivity index (χ0) is 15.9. The highest BCUT2D eigenvalue weighted by molar-refractivity contribution is 8.93. The van der Waals surface area contributed by atoms with Crippen molar-refractivity contribution in [3.8, 4) is 0 Å². The fourth-order valence-electron chi connectivity index (χ4n) is 2.22. The van der Waals surface area contributed by atoms with Crippen molar-refractivity contribution in [1.82, 2.24) is 5.32 Å². The summed E-state index contributed by atoms with van der Waals surface area (Å²) in [6, 6.07) is 13.1. The first-order valence-electron chi connectivity index (χ1n) is 7.36. The third kappa shape index (κ3) is 6.00. The smallest absolute Gasteiger partial charge is 0.241 e. The number of hydrogen-bond acceptors (Lipinski definition) is 3. The molecule has 0 saturated heterocycles. The molecule has 2 aromatic carbocycles. The van der Waals surface area contributed by atoms with E-state index >= 15 is 0 Å². The number of anilines is 1. The predicted octanol–water partition coefficient (Wildman–Crippen LogP) is 2.60. The molecule has 0 unspecified atom stereocenters. The SMILES string of the molecule is Br.CC(=O)NCCC[C@H](N)C(=O)Nc1ccc2ccccc2c1. The van der Waals surface area contributed by atoms with Crippen molar-refractivity contribution in [2.45, 2.75) is 25.8 Å². The molecular formula is C17H22BrN3O2. The Hall–Kier alpha value is -1.92. The molecule has 0 heterocycles. The van der Waals surface area contributed by atoms with Gasteiger partial charge >= 0.3 is 0 Å². The highest BCUT2D eigenvalue weighted by Gasteiger charge is 2.13. The molecule has 0 saturated carbocycles. The normalized spacial score (nSPS) is 11.4. The van der Waals surface area contributed by atoms with Crippen LogP contribution < -0.4 is 16.4 Å². The number of carbonyl (C=O) groups is 2. The Bertz CT molecular complexity index is 676. The summed E-state index contributed by atoms with van der Waals surface area (Å²) in [6.07, 6.45) is 1.20. The molecule has 0 aliphatic carbocycles. The van der Waals surface area contributed by atoms with Crippen LogP contribution in [0.25, 0.3) is 10.8 Å². The van der Waals surface area contributed by atoms with Crippen molar-refractivity contribution in [2.24, 2.45) is 5.73 Å². The van der Waals surface area contributed by atoms with Gasteiger partial charge in [0.2, 0.25) is 11.8 Å². The zero-order valence-corrected chi connectivity index (χ0v) is 14.8. The molecule has 23 heavy (non-hydrogen) atoms. The number of rotatable bonds is 6. The van der Waals surface area contributed by atoms with E-state index in [0.29, 0.717) is 19.4 Å². The van der Waals surface area contributed by atoms with Gasteiger partial charge < -0.3 is 16.4 Å². The molecular weight excluding hydrogens is 358 g/mol. The lowest BCUT2D eigenvalue weighted by molar-refractivity contribution is -0.119. The first kappa shape index (κ1) is 19.1. The van der Waals surface area contributed by atoms with Crippen LogP contribution in [0.15, 0.2) is 42.5 Å². The molecule has 0 aliphatic heterocycles. The molecule has 0 aromatic heterocycles. The molecule has 0 radical (unpaired) electrons. The van der Waals surface area contributed by atoms with E-state index in [1.54, 1.807) is 0 Å². The number of nitrogens with one attached hydrogen (secondary N) is 2. The van der Waals surface area contributed by atoms with E-state index < -0.39 is 6.04 Å². The molecule has 0 bridgehead atoms. The number of benzene rings is 2. The average molecular weight is 380 g/mol. The van der Waals surface area contributed by atoms with E-state index in [1.807, 2.05) is 42.5 Å². The number of fused-ring (bicyclic) bond motifs is 1. The summed E-state index contributed by atoms with van der Waals surface area (Å²) in [5.41, 5.74) is 6.61. The molecule has 6 heteroatoms. The number of nitrogens with two attached hydrogens (primary N) is 1. The van der Waals surface area contributed by atoms with Gasteiger partial charge in [0.25, 0.3) is 0 Å². The highest BCUT2D eigenvalue weighted by Crippen LogP contribution is 2.19. The maximum atomic E-state index is 12.1. The second-order valence-corrected chi connectivity index (χ2v) is 5.28. The van der Waals surface area contributed by atoms with Crippen molar-refractivity contribution < 1.29 is 9.59 Å². The minimum absolute atomic E-state index is 0. The van der Waals surface area contributed by atoms with Gasteiger partial charge in [0.1, 0.15) is 0 Å². The van der Waals surface area contributed by atoms with Gasteiger partial charge in [-0.2, -0.15) is 0 Å². The topological polar surface area (TPSA) is 84.2 Å². The quantitative estimate of drug-likeness (QED) is 0.674. The van der Waals surface area contributed by atoms with Crippen LogP contribution in [0.4, 0.5) is 5.69 Å². The number of halogens is 1. The van der Waals surface area contributed by atoms with Gasteiger partial charge in [-0.3, -0.25) is 9.59 Å². The lowest BCUT2D eigenvalue weighted by Crippen LogP contribution is -2.36. The standard InChI is InChI=1S/C17H21N3O2.BrH/c1-12(21)19-10-4-7-16(18)17(22)20-15-9-8-13-5-2-3-6-14(13)11-15;/h2-3,5-6,8-9,11,16H,4,7,10,18H2,1H3,(H,19,21)(H,20,22);1H/t16-;/m0./s1. The van der Waals surface area contributed by atoms with Gasteiger partial charge in [-0.15, -0.1) is 17.0 Å². The summed E-state index contributed by atoms with van der Waals surface area (Å²) >= 11 is 0. The van der Waals surface area contributed by atoms with Gasteiger partial charge in [-0.05, 0) is 35.7 Å². The third-order valence-electron chi connectivity index (χ3n) is 3.42. The van der Waals surface area contributed by atoms with E-state index in [0.717, 1.165) is 16.5 Å². The van der Waals surface area contributed by atoms with E-state index in [9.17, 15) is 9.59 Å². The van der Waals surface area contributed by atoms with E-state index in [1.165, 1.54) is 6.92 Å². The summed E-state index contributed by atoms with van der Waals surface area (Å²) < 4.78 is 0.